The molecule has 0 amide bonds. The summed E-state index contributed by atoms with van der Waals surface area (Å²) < 4.78 is 7.25. The molecule has 0 saturated carbocycles. The van der Waals surface area contributed by atoms with Gasteiger partial charge in [0.05, 0.1) is 12.6 Å². The molecule has 1 atom stereocenters. The van der Waals surface area contributed by atoms with E-state index in [1.807, 2.05) is 28.8 Å². The molecule has 0 aliphatic carbocycles. The van der Waals surface area contributed by atoms with Crippen molar-refractivity contribution in [2.24, 2.45) is 0 Å². The van der Waals surface area contributed by atoms with Crippen LogP contribution < -0.4 is 15.1 Å². The molecule has 7 heteroatoms. The van der Waals surface area contributed by atoms with E-state index in [0.29, 0.717) is 5.39 Å². The Kier molecular flexibility index (Phi) is 5.58. The van der Waals surface area contributed by atoms with Crippen molar-refractivity contribution >= 4 is 22.6 Å². The van der Waals surface area contributed by atoms with Crippen molar-refractivity contribution in [3.05, 3.63) is 69.5 Å². The predicted octanol–water partition coefficient (Wildman–Crippen LogP) is 3.54. The van der Waals surface area contributed by atoms with Gasteiger partial charge >= 0.3 is 5.97 Å². The van der Waals surface area contributed by atoms with E-state index in [1.54, 1.807) is 7.11 Å². The van der Waals surface area contributed by atoms with Crippen molar-refractivity contribution in [2.45, 2.75) is 32.4 Å². The summed E-state index contributed by atoms with van der Waals surface area (Å²) in [6.07, 6.45) is 3.36. The highest BCUT2D eigenvalue weighted by atomic mass is 16.5. The molecular weight excluding hydrogens is 418 g/mol. The fourth-order valence-corrected chi connectivity index (χ4v) is 5.18. The number of aromatic nitrogens is 1. The number of methoxy groups -OCH3 is 1. The molecule has 2 aliphatic heterocycles. The fourth-order valence-electron chi connectivity index (χ4n) is 5.18. The standard InChI is InChI=1S/C26H29N3O4/c1-17-3-8-20-23(10-9-21-24(20)29(17)16-22(25(21)30)26(31)32)28-13-11-27(12-14-28)15-18-4-6-19(33-2)7-5-18/h4-7,9-10,16-17H,3,8,11-15H2,1-2H3,(H,31,32). The zero-order valence-corrected chi connectivity index (χ0v) is 19.1. The molecule has 1 saturated heterocycles. The molecule has 1 aromatic heterocycles. The van der Waals surface area contributed by atoms with Crippen molar-refractivity contribution in [3.63, 3.8) is 0 Å². The van der Waals surface area contributed by atoms with Crippen LogP contribution in [0.5, 0.6) is 5.75 Å². The summed E-state index contributed by atoms with van der Waals surface area (Å²) in [6.45, 7) is 6.76. The van der Waals surface area contributed by atoms with Crippen LogP contribution in [0.2, 0.25) is 0 Å². The van der Waals surface area contributed by atoms with Crippen LogP contribution in [-0.4, -0.2) is 53.8 Å². The molecule has 0 bridgehead atoms. The lowest BCUT2D eigenvalue weighted by molar-refractivity contribution is 0.0694. The second-order valence-electron chi connectivity index (χ2n) is 9.04. The summed E-state index contributed by atoms with van der Waals surface area (Å²) in [5.74, 6) is -0.292. The minimum Gasteiger partial charge on any atom is -0.497 e. The third-order valence-electron chi connectivity index (χ3n) is 7.07. The van der Waals surface area contributed by atoms with E-state index in [4.69, 9.17) is 4.74 Å². The highest BCUT2D eigenvalue weighted by molar-refractivity contribution is 5.95. The topological polar surface area (TPSA) is 75.0 Å². The molecule has 3 heterocycles. The Bertz CT molecular complexity index is 1260. The molecule has 1 unspecified atom stereocenters. The van der Waals surface area contributed by atoms with Crippen LogP contribution in [0, 0.1) is 0 Å². The molecule has 5 rings (SSSR count). The molecule has 2 aromatic carbocycles. The molecule has 33 heavy (non-hydrogen) atoms. The van der Waals surface area contributed by atoms with Crippen LogP contribution in [0.4, 0.5) is 5.69 Å². The molecule has 7 nitrogen and oxygen atoms in total. The van der Waals surface area contributed by atoms with Crippen LogP contribution in [0.25, 0.3) is 10.9 Å². The number of nitrogens with zero attached hydrogens (tertiary/aromatic N) is 3. The smallest absolute Gasteiger partial charge is 0.341 e. The van der Waals surface area contributed by atoms with Gasteiger partial charge in [-0.25, -0.2) is 4.79 Å². The summed E-state index contributed by atoms with van der Waals surface area (Å²) in [5.41, 5.74) is 3.99. The zero-order chi connectivity index (χ0) is 23.1. The molecule has 0 radical (unpaired) electrons. The van der Waals surface area contributed by atoms with Gasteiger partial charge in [0.25, 0.3) is 0 Å². The van der Waals surface area contributed by atoms with E-state index >= 15 is 0 Å². The summed E-state index contributed by atoms with van der Waals surface area (Å²) >= 11 is 0. The first-order valence-corrected chi connectivity index (χ1v) is 11.5. The van der Waals surface area contributed by atoms with Gasteiger partial charge in [0.1, 0.15) is 11.3 Å². The minimum absolute atomic E-state index is 0.151. The number of hydrogen-bond donors (Lipinski definition) is 1. The van der Waals surface area contributed by atoms with E-state index in [-0.39, 0.29) is 17.0 Å². The number of aromatic carboxylic acids is 1. The first kappa shape index (κ1) is 21.5. The van der Waals surface area contributed by atoms with Crippen molar-refractivity contribution in [1.82, 2.24) is 9.47 Å². The second-order valence-corrected chi connectivity index (χ2v) is 9.04. The lowest BCUT2D eigenvalue weighted by Gasteiger charge is -2.38. The van der Waals surface area contributed by atoms with Crippen LogP contribution >= 0.6 is 0 Å². The summed E-state index contributed by atoms with van der Waals surface area (Å²) in [6, 6.07) is 12.2. The van der Waals surface area contributed by atoms with E-state index in [1.165, 1.54) is 23.0 Å². The van der Waals surface area contributed by atoms with E-state index < -0.39 is 5.97 Å². The number of carboxylic acid groups (broad SMARTS) is 1. The Balaban J connectivity index is 1.40. The molecule has 2 aliphatic rings. The summed E-state index contributed by atoms with van der Waals surface area (Å²) in [5, 5.41) is 10.0. The Labute approximate surface area is 192 Å². The number of rotatable bonds is 5. The first-order chi connectivity index (χ1) is 16.0. The highest BCUT2D eigenvalue weighted by Crippen LogP contribution is 2.36. The predicted molar refractivity (Wildman–Crippen MR) is 129 cm³/mol. The largest absolute Gasteiger partial charge is 0.497 e. The minimum atomic E-state index is -1.16. The van der Waals surface area contributed by atoms with Crippen molar-refractivity contribution in [1.29, 1.82) is 0 Å². The molecule has 172 valence electrons. The number of hydrogen-bond acceptors (Lipinski definition) is 5. The van der Waals surface area contributed by atoms with Crippen molar-refractivity contribution in [2.75, 3.05) is 38.2 Å². The first-order valence-electron chi connectivity index (χ1n) is 11.5. The highest BCUT2D eigenvalue weighted by Gasteiger charge is 2.27. The lowest BCUT2D eigenvalue weighted by atomic mass is 9.94. The number of ether oxygens (including phenoxy) is 1. The number of piperazine rings is 1. The van der Waals surface area contributed by atoms with E-state index in [9.17, 15) is 14.7 Å². The van der Waals surface area contributed by atoms with Crippen molar-refractivity contribution < 1.29 is 14.6 Å². The Morgan fingerprint density at radius 3 is 2.48 bits per heavy atom. The van der Waals surface area contributed by atoms with E-state index in [0.717, 1.165) is 56.8 Å². The van der Waals surface area contributed by atoms with Crippen LogP contribution in [0.3, 0.4) is 0 Å². The normalized spacial score (nSPS) is 18.5. The van der Waals surface area contributed by atoms with Gasteiger partial charge in [-0.2, -0.15) is 0 Å². The third kappa shape index (κ3) is 3.86. The average Bonchev–Trinajstić information content (AvgIpc) is 2.83. The molecule has 0 spiro atoms. The number of carboxylic acids is 1. The maximum absolute atomic E-state index is 12.8. The van der Waals surface area contributed by atoms with Crippen LogP contribution in [-0.2, 0) is 13.0 Å². The molecule has 1 fully saturated rings. The number of benzene rings is 2. The maximum Gasteiger partial charge on any atom is 0.341 e. The van der Waals surface area contributed by atoms with Crippen LogP contribution in [0.15, 0.2) is 47.4 Å². The van der Waals surface area contributed by atoms with Gasteiger partial charge in [-0.15, -0.1) is 0 Å². The molecule has 3 aromatic rings. The third-order valence-corrected chi connectivity index (χ3v) is 7.07. The molecular formula is C26H29N3O4. The van der Waals surface area contributed by atoms with Gasteiger partial charge in [-0.3, -0.25) is 9.69 Å². The van der Waals surface area contributed by atoms with Gasteiger partial charge in [0.15, 0.2) is 0 Å². The zero-order valence-electron chi connectivity index (χ0n) is 19.1. The second kappa shape index (κ2) is 8.56. The Hall–Kier alpha value is -3.32. The molecule has 1 N–H and O–H groups in total. The fraction of sp³-hybridized carbons (Fsp3) is 0.385. The Morgan fingerprint density at radius 2 is 1.82 bits per heavy atom. The number of aryl methyl sites for hydroxylation is 1. The Morgan fingerprint density at radius 1 is 1.09 bits per heavy atom. The summed E-state index contributed by atoms with van der Waals surface area (Å²) in [7, 11) is 1.68. The SMILES string of the molecule is COc1ccc(CN2CCN(c3ccc4c(=O)c(C(=O)O)cn5c4c3CCC5C)CC2)cc1. The lowest BCUT2D eigenvalue weighted by Crippen LogP contribution is -2.46. The van der Waals surface area contributed by atoms with Crippen molar-refractivity contribution in [3.8, 4) is 5.75 Å². The summed E-state index contributed by atoms with van der Waals surface area (Å²) in [4.78, 5) is 29.3. The maximum atomic E-state index is 12.8. The van der Waals surface area contributed by atoms with Gasteiger partial charge in [-0.05, 0) is 55.2 Å². The average molecular weight is 448 g/mol. The monoisotopic (exact) mass is 447 g/mol. The number of carbonyl (C=O) groups is 1. The van der Waals surface area contributed by atoms with Gasteiger partial charge in [0, 0.05) is 56.0 Å². The number of anilines is 1. The van der Waals surface area contributed by atoms with Crippen LogP contribution in [0.1, 0.15) is 40.9 Å². The number of pyridine rings is 1. The van der Waals surface area contributed by atoms with Gasteiger partial charge < -0.3 is 19.3 Å². The van der Waals surface area contributed by atoms with Gasteiger partial charge in [0.2, 0.25) is 5.43 Å². The van der Waals surface area contributed by atoms with Gasteiger partial charge in [-0.1, -0.05) is 12.1 Å². The van der Waals surface area contributed by atoms with E-state index in [2.05, 4.69) is 28.9 Å². The quantitative estimate of drug-likeness (QED) is 0.645.